The number of nitrogens with zero attached hydrogens (tertiary/aromatic N) is 4. The van der Waals surface area contributed by atoms with Gasteiger partial charge in [0, 0.05) is 55.7 Å². The molecule has 0 spiro atoms. The van der Waals surface area contributed by atoms with Crippen molar-refractivity contribution in [2.75, 3.05) is 9.80 Å². The summed E-state index contributed by atoms with van der Waals surface area (Å²) in [4.78, 5) is 4.74. The summed E-state index contributed by atoms with van der Waals surface area (Å²) in [5, 5.41) is 7.17. The van der Waals surface area contributed by atoms with Crippen LogP contribution in [0.3, 0.4) is 0 Å². The first kappa shape index (κ1) is 42.7. The van der Waals surface area contributed by atoms with Gasteiger partial charge in [-0.15, -0.1) is 0 Å². The standard InChI is InChI=1S/C68H50N4/c1-47-17-13-23-51(41-47)65-43-53-45-68-54(46-67(53)71(65)59-37-33-57(34-38-59)69(55-25-5-3-6-26-55)63-31-15-21-49-19-9-11-29-61(49)63)44-66(52-24-14-18-48(2)42-52)72(68)60-39-35-58(36-40-60)70(56-27-7-4-8-28-56)64-32-16-22-50-20-10-12-30-62(50)64/h3-46H,1-2H3. The van der Waals surface area contributed by atoms with Gasteiger partial charge in [0.2, 0.25) is 0 Å². The molecule has 0 aliphatic heterocycles. The van der Waals surface area contributed by atoms with Gasteiger partial charge in [0.1, 0.15) is 0 Å². The maximum atomic E-state index is 2.45. The highest BCUT2D eigenvalue weighted by molar-refractivity contribution is 6.04. The molecule has 2 aromatic heterocycles. The smallest absolute Gasteiger partial charge is 0.0542 e. The number of hydrogen-bond donors (Lipinski definition) is 0. The summed E-state index contributed by atoms with van der Waals surface area (Å²) >= 11 is 0. The highest BCUT2D eigenvalue weighted by atomic mass is 15.2. The number of rotatable bonds is 10. The highest BCUT2D eigenvalue weighted by Crippen LogP contribution is 2.43. The molecule has 13 aromatic rings. The molecule has 13 rings (SSSR count). The van der Waals surface area contributed by atoms with Gasteiger partial charge in [-0.05, 0) is 157 Å². The van der Waals surface area contributed by atoms with Crippen molar-refractivity contribution in [3.8, 4) is 33.9 Å². The van der Waals surface area contributed by atoms with Crippen LogP contribution >= 0.6 is 0 Å². The number of benzene rings is 11. The molecule has 11 aromatic carbocycles. The zero-order chi connectivity index (χ0) is 48.1. The van der Waals surface area contributed by atoms with E-state index in [0.29, 0.717) is 0 Å². The van der Waals surface area contributed by atoms with Gasteiger partial charge < -0.3 is 18.9 Å². The molecule has 4 nitrogen and oxygen atoms in total. The number of para-hydroxylation sites is 2. The summed E-state index contributed by atoms with van der Waals surface area (Å²) in [6.45, 7) is 4.35. The summed E-state index contributed by atoms with van der Waals surface area (Å²) in [5.41, 5.74) is 18.3. The lowest BCUT2D eigenvalue weighted by Gasteiger charge is -2.27. The summed E-state index contributed by atoms with van der Waals surface area (Å²) in [6.07, 6.45) is 0. The Morgan fingerprint density at radius 2 is 0.639 bits per heavy atom. The zero-order valence-electron chi connectivity index (χ0n) is 40.2. The number of hydrogen-bond acceptors (Lipinski definition) is 2. The van der Waals surface area contributed by atoms with Crippen molar-refractivity contribution in [3.05, 3.63) is 278 Å². The van der Waals surface area contributed by atoms with Crippen LogP contribution in [0.25, 0.3) is 77.2 Å². The second kappa shape index (κ2) is 17.9. The molecule has 2 heterocycles. The third-order valence-electron chi connectivity index (χ3n) is 14.1. The van der Waals surface area contributed by atoms with Gasteiger partial charge >= 0.3 is 0 Å². The van der Waals surface area contributed by atoms with Crippen molar-refractivity contribution in [2.24, 2.45) is 0 Å². The molecule has 342 valence electrons. The van der Waals surface area contributed by atoms with Gasteiger partial charge in [-0.2, -0.15) is 0 Å². The Hall–Kier alpha value is -9.38. The Labute approximate surface area is 420 Å². The van der Waals surface area contributed by atoms with E-state index in [4.69, 9.17) is 0 Å². The molecule has 0 saturated carbocycles. The van der Waals surface area contributed by atoms with E-state index in [9.17, 15) is 0 Å². The predicted octanol–water partition coefficient (Wildman–Crippen LogP) is 18.8. The minimum absolute atomic E-state index is 1.09. The molecule has 0 saturated heterocycles. The SMILES string of the molecule is Cc1cccc(-c2cc3cc4c(cc(-c5cccc(C)c5)n4-c4ccc(N(c5ccccc5)c5cccc6ccccc56)cc4)cc3n2-c2ccc(N(c3ccccc3)c3cccc4ccccc34)cc2)c1. The Kier molecular flexibility index (Phi) is 10.6. The van der Waals surface area contributed by atoms with Crippen LogP contribution in [0.15, 0.2) is 267 Å². The van der Waals surface area contributed by atoms with E-state index in [1.165, 1.54) is 54.6 Å². The average molecular weight is 923 g/mol. The van der Waals surface area contributed by atoms with Gasteiger partial charge in [-0.3, -0.25) is 0 Å². The molecule has 0 amide bonds. The Morgan fingerprint density at radius 1 is 0.278 bits per heavy atom. The maximum absolute atomic E-state index is 2.45. The average Bonchev–Trinajstić information content (AvgIpc) is 4.00. The minimum atomic E-state index is 1.09. The first-order chi connectivity index (χ1) is 35.5. The van der Waals surface area contributed by atoms with E-state index in [-0.39, 0.29) is 0 Å². The van der Waals surface area contributed by atoms with Crippen LogP contribution in [0.1, 0.15) is 11.1 Å². The zero-order valence-corrected chi connectivity index (χ0v) is 40.2. The second-order valence-electron chi connectivity index (χ2n) is 18.8. The number of aryl methyl sites for hydroxylation is 2. The van der Waals surface area contributed by atoms with Crippen LogP contribution in [-0.2, 0) is 0 Å². The van der Waals surface area contributed by atoms with Crippen molar-refractivity contribution in [1.29, 1.82) is 0 Å². The molecule has 72 heavy (non-hydrogen) atoms. The molecular formula is C68H50N4. The number of aromatic nitrogens is 2. The number of anilines is 6. The van der Waals surface area contributed by atoms with Crippen LogP contribution in [0.4, 0.5) is 34.1 Å². The maximum Gasteiger partial charge on any atom is 0.0542 e. The van der Waals surface area contributed by atoms with E-state index in [2.05, 4.69) is 300 Å². The molecule has 0 bridgehead atoms. The van der Waals surface area contributed by atoms with Gasteiger partial charge in [-0.1, -0.05) is 157 Å². The monoisotopic (exact) mass is 922 g/mol. The molecular weight excluding hydrogens is 873 g/mol. The molecule has 0 atom stereocenters. The molecule has 0 radical (unpaired) electrons. The van der Waals surface area contributed by atoms with Crippen LogP contribution in [-0.4, -0.2) is 9.13 Å². The lowest BCUT2D eigenvalue weighted by Crippen LogP contribution is -2.10. The topological polar surface area (TPSA) is 16.3 Å². The molecule has 0 fully saturated rings. The fourth-order valence-corrected chi connectivity index (χ4v) is 10.8. The van der Waals surface area contributed by atoms with E-state index in [1.807, 2.05) is 0 Å². The first-order valence-electron chi connectivity index (χ1n) is 24.7. The normalized spacial score (nSPS) is 11.5. The van der Waals surface area contributed by atoms with E-state index in [0.717, 1.165) is 67.9 Å². The van der Waals surface area contributed by atoms with Crippen molar-refractivity contribution in [2.45, 2.75) is 13.8 Å². The Bertz CT molecular complexity index is 3830. The van der Waals surface area contributed by atoms with E-state index < -0.39 is 0 Å². The lowest BCUT2D eigenvalue weighted by molar-refractivity contribution is 1.13. The fourth-order valence-electron chi connectivity index (χ4n) is 10.8. The van der Waals surface area contributed by atoms with Gasteiger partial charge in [-0.25, -0.2) is 0 Å². The summed E-state index contributed by atoms with van der Waals surface area (Å²) in [7, 11) is 0. The molecule has 0 unspecified atom stereocenters. The van der Waals surface area contributed by atoms with Crippen molar-refractivity contribution < 1.29 is 0 Å². The second-order valence-corrected chi connectivity index (χ2v) is 18.8. The van der Waals surface area contributed by atoms with E-state index in [1.54, 1.807) is 0 Å². The highest BCUT2D eigenvalue weighted by Gasteiger charge is 2.22. The first-order valence-corrected chi connectivity index (χ1v) is 24.7. The van der Waals surface area contributed by atoms with Crippen molar-refractivity contribution in [3.63, 3.8) is 0 Å². The lowest BCUT2D eigenvalue weighted by atomic mass is 10.1. The van der Waals surface area contributed by atoms with Crippen molar-refractivity contribution in [1.82, 2.24) is 9.13 Å². The number of fused-ring (bicyclic) bond motifs is 4. The van der Waals surface area contributed by atoms with Crippen LogP contribution in [0, 0.1) is 13.8 Å². The van der Waals surface area contributed by atoms with Crippen LogP contribution in [0.2, 0.25) is 0 Å². The third-order valence-corrected chi connectivity index (χ3v) is 14.1. The predicted molar refractivity (Wildman–Crippen MR) is 305 cm³/mol. The molecule has 4 heteroatoms. The molecule has 0 aliphatic rings. The largest absolute Gasteiger partial charge is 0.310 e. The minimum Gasteiger partial charge on any atom is -0.310 e. The Morgan fingerprint density at radius 3 is 1.06 bits per heavy atom. The quantitative estimate of drug-likeness (QED) is 0.136. The summed E-state index contributed by atoms with van der Waals surface area (Å²) in [5.74, 6) is 0. The van der Waals surface area contributed by atoms with Gasteiger partial charge in [0.05, 0.1) is 33.8 Å². The van der Waals surface area contributed by atoms with E-state index >= 15 is 0 Å². The summed E-state index contributed by atoms with van der Waals surface area (Å²) in [6, 6.07) is 97.2. The molecule has 0 N–H and O–H groups in total. The summed E-state index contributed by atoms with van der Waals surface area (Å²) < 4.78 is 4.89. The van der Waals surface area contributed by atoms with Crippen LogP contribution < -0.4 is 9.80 Å². The Balaban J connectivity index is 0.975. The fraction of sp³-hybridized carbons (Fsp3) is 0.0294. The third kappa shape index (κ3) is 7.58. The molecule has 0 aliphatic carbocycles. The van der Waals surface area contributed by atoms with Gasteiger partial charge in [0.15, 0.2) is 0 Å². The van der Waals surface area contributed by atoms with Gasteiger partial charge in [0.25, 0.3) is 0 Å². The van der Waals surface area contributed by atoms with Crippen LogP contribution in [0.5, 0.6) is 0 Å². The van der Waals surface area contributed by atoms with Crippen molar-refractivity contribution >= 4 is 77.5 Å².